The minimum atomic E-state index is -0.0740. The number of aromatic nitrogens is 1. The highest BCUT2D eigenvalue weighted by Crippen LogP contribution is 2.32. The van der Waals surface area contributed by atoms with Crippen molar-refractivity contribution in [3.05, 3.63) is 22.3 Å². The van der Waals surface area contributed by atoms with Gasteiger partial charge in [0.1, 0.15) is 5.82 Å². The second kappa shape index (κ2) is 6.44. The number of amides is 1. The number of pyridine rings is 1. The van der Waals surface area contributed by atoms with E-state index in [-0.39, 0.29) is 11.9 Å². The van der Waals surface area contributed by atoms with Crippen LogP contribution in [0.2, 0.25) is 0 Å². The van der Waals surface area contributed by atoms with Crippen molar-refractivity contribution >= 4 is 27.7 Å². The first-order chi connectivity index (χ1) is 10.1. The summed E-state index contributed by atoms with van der Waals surface area (Å²) in [6, 6.07) is 2.35. The van der Waals surface area contributed by atoms with E-state index in [1.165, 1.54) is 32.1 Å². The zero-order valence-electron chi connectivity index (χ0n) is 12.4. The highest BCUT2D eigenvalue weighted by atomic mass is 79.9. The molecule has 1 aromatic rings. The Bertz CT molecular complexity index is 534. The minimum Gasteiger partial charge on any atom is -0.309 e. The van der Waals surface area contributed by atoms with Crippen molar-refractivity contribution in [1.82, 2.24) is 10.3 Å². The van der Waals surface area contributed by atoms with Crippen LogP contribution in [0, 0.1) is 12.8 Å². The number of piperidine rings is 1. The van der Waals surface area contributed by atoms with E-state index in [4.69, 9.17) is 0 Å². The lowest BCUT2D eigenvalue weighted by molar-refractivity contribution is -0.119. The van der Waals surface area contributed by atoms with Crippen LogP contribution in [0.3, 0.4) is 0 Å². The smallest absolute Gasteiger partial charge is 0.242 e. The van der Waals surface area contributed by atoms with Gasteiger partial charge in [-0.3, -0.25) is 4.79 Å². The van der Waals surface area contributed by atoms with Crippen molar-refractivity contribution in [1.29, 1.82) is 0 Å². The Morgan fingerprint density at radius 1 is 1.33 bits per heavy atom. The van der Waals surface area contributed by atoms with Crippen molar-refractivity contribution < 1.29 is 4.79 Å². The van der Waals surface area contributed by atoms with E-state index < -0.39 is 0 Å². The molecule has 0 radical (unpaired) electrons. The molecule has 1 aliphatic heterocycles. The molecule has 1 aromatic heterocycles. The molecule has 2 aliphatic rings. The standard InChI is InChI=1S/C16H22BrN3O/c1-10-8-15(18-9-12(10)17)20-16(21)14-7-6-11-4-2-3-5-13(11)19-14/h8-9,11,13-14,19H,2-7H2,1H3,(H,18,20,21). The molecule has 21 heavy (non-hydrogen) atoms. The van der Waals surface area contributed by atoms with Gasteiger partial charge in [-0.25, -0.2) is 4.98 Å². The first-order valence-corrected chi connectivity index (χ1v) is 8.62. The molecule has 0 aromatic carbocycles. The maximum Gasteiger partial charge on any atom is 0.242 e. The van der Waals surface area contributed by atoms with E-state index in [2.05, 4.69) is 31.5 Å². The second-order valence-corrected chi connectivity index (χ2v) is 7.11. The summed E-state index contributed by atoms with van der Waals surface area (Å²) in [6.07, 6.45) is 9.00. The highest BCUT2D eigenvalue weighted by molar-refractivity contribution is 9.10. The van der Waals surface area contributed by atoms with E-state index >= 15 is 0 Å². The molecular weight excluding hydrogens is 330 g/mol. The average molecular weight is 352 g/mol. The molecule has 3 rings (SSSR count). The van der Waals surface area contributed by atoms with E-state index in [1.54, 1.807) is 6.20 Å². The molecular formula is C16H22BrN3O. The van der Waals surface area contributed by atoms with Gasteiger partial charge in [-0.2, -0.15) is 0 Å². The number of aryl methyl sites for hydroxylation is 1. The van der Waals surface area contributed by atoms with Gasteiger partial charge in [0.25, 0.3) is 0 Å². The Morgan fingerprint density at radius 2 is 2.14 bits per heavy atom. The fourth-order valence-corrected chi connectivity index (χ4v) is 3.74. The van der Waals surface area contributed by atoms with Crippen molar-refractivity contribution in [3.63, 3.8) is 0 Å². The van der Waals surface area contributed by atoms with Crippen LogP contribution in [0.5, 0.6) is 0 Å². The Hall–Kier alpha value is -0.940. The molecule has 1 amide bonds. The summed E-state index contributed by atoms with van der Waals surface area (Å²) in [6.45, 7) is 1.99. The lowest BCUT2D eigenvalue weighted by Crippen LogP contribution is -2.53. The quantitative estimate of drug-likeness (QED) is 0.858. The van der Waals surface area contributed by atoms with Gasteiger partial charge in [0.2, 0.25) is 5.91 Å². The van der Waals surface area contributed by atoms with E-state index in [9.17, 15) is 4.79 Å². The van der Waals surface area contributed by atoms with E-state index in [1.807, 2.05) is 13.0 Å². The number of fused-ring (bicyclic) bond motifs is 1. The summed E-state index contributed by atoms with van der Waals surface area (Å²) in [4.78, 5) is 16.7. The third kappa shape index (κ3) is 3.46. The fourth-order valence-electron chi connectivity index (χ4n) is 3.52. The van der Waals surface area contributed by atoms with Gasteiger partial charge < -0.3 is 10.6 Å². The zero-order chi connectivity index (χ0) is 14.8. The summed E-state index contributed by atoms with van der Waals surface area (Å²) in [5.41, 5.74) is 1.07. The van der Waals surface area contributed by atoms with Crippen LogP contribution in [-0.4, -0.2) is 23.0 Å². The monoisotopic (exact) mass is 351 g/mol. The van der Waals surface area contributed by atoms with Crippen LogP contribution < -0.4 is 10.6 Å². The lowest BCUT2D eigenvalue weighted by atomic mass is 9.77. The zero-order valence-corrected chi connectivity index (χ0v) is 13.9. The first-order valence-electron chi connectivity index (χ1n) is 7.82. The lowest BCUT2D eigenvalue weighted by Gasteiger charge is -2.39. The van der Waals surface area contributed by atoms with Gasteiger partial charge in [-0.05, 0) is 66.1 Å². The van der Waals surface area contributed by atoms with Gasteiger partial charge >= 0.3 is 0 Å². The summed E-state index contributed by atoms with van der Waals surface area (Å²) < 4.78 is 0.960. The van der Waals surface area contributed by atoms with Crippen molar-refractivity contribution in [3.8, 4) is 0 Å². The summed E-state index contributed by atoms with van der Waals surface area (Å²) in [5, 5.41) is 6.49. The van der Waals surface area contributed by atoms with Crippen LogP contribution in [-0.2, 0) is 4.79 Å². The molecule has 0 bridgehead atoms. The third-order valence-electron chi connectivity index (χ3n) is 4.77. The van der Waals surface area contributed by atoms with Gasteiger partial charge in [0.15, 0.2) is 0 Å². The van der Waals surface area contributed by atoms with E-state index in [0.29, 0.717) is 11.9 Å². The van der Waals surface area contributed by atoms with Crippen LogP contribution in [0.4, 0.5) is 5.82 Å². The molecule has 1 saturated carbocycles. The maximum atomic E-state index is 12.4. The van der Waals surface area contributed by atoms with Crippen LogP contribution >= 0.6 is 15.9 Å². The first kappa shape index (κ1) is 15.0. The van der Waals surface area contributed by atoms with Gasteiger partial charge in [-0.15, -0.1) is 0 Å². The number of carbonyl (C=O) groups excluding carboxylic acids is 1. The predicted molar refractivity (Wildman–Crippen MR) is 87.2 cm³/mol. The SMILES string of the molecule is Cc1cc(NC(=O)C2CCC3CCCCC3N2)ncc1Br. The number of hydrogen-bond donors (Lipinski definition) is 2. The van der Waals surface area contributed by atoms with Gasteiger partial charge in [0.05, 0.1) is 6.04 Å². The number of carbonyl (C=O) groups is 1. The molecule has 0 spiro atoms. The Kier molecular flexibility index (Phi) is 4.60. The second-order valence-electron chi connectivity index (χ2n) is 6.26. The van der Waals surface area contributed by atoms with Crippen LogP contribution in [0.25, 0.3) is 0 Å². The Morgan fingerprint density at radius 3 is 2.95 bits per heavy atom. The molecule has 2 heterocycles. The summed E-state index contributed by atoms with van der Waals surface area (Å²) in [7, 11) is 0. The Balaban J connectivity index is 1.61. The van der Waals surface area contributed by atoms with E-state index in [0.717, 1.165) is 22.4 Å². The van der Waals surface area contributed by atoms with Gasteiger partial charge in [0, 0.05) is 16.7 Å². The highest BCUT2D eigenvalue weighted by Gasteiger charge is 2.34. The molecule has 2 fully saturated rings. The number of nitrogens with one attached hydrogen (secondary N) is 2. The molecule has 2 N–H and O–H groups in total. The molecule has 3 atom stereocenters. The van der Waals surface area contributed by atoms with Gasteiger partial charge in [-0.1, -0.05) is 12.8 Å². The molecule has 4 nitrogen and oxygen atoms in total. The number of rotatable bonds is 2. The minimum absolute atomic E-state index is 0.0493. The molecule has 1 saturated heterocycles. The predicted octanol–water partition coefficient (Wildman–Crippen LogP) is 3.40. The molecule has 114 valence electrons. The number of anilines is 1. The summed E-state index contributed by atoms with van der Waals surface area (Å²) >= 11 is 3.42. The fraction of sp³-hybridized carbons (Fsp3) is 0.625. The molecule has 1 aliphatic carbocycles. The van der Waals surface area contributed by atoms with Crippen molar-refractivity contribution in [2.75, 3.05) is 5.32 Å². The van der Waals surface area contributed by atoms with Crippen LogP contribution in [0.1, 0.15) is 44.1 Å². The number of halogens is 1. The third-order valence-corrected chi connectivity index (χ3v) is 5.60. The van der Waals surface area contributed by atoms with Crippen LogP contribution in [0.15, 0.2) is 16.7 Å². The normalized spacial score (nSPS) is 28.8. The molecule has 5 heteroatoms. The largest absolute Gasteiger partial charge is 0.309 e. The topological polar surface area (TPSA) is 54.0 Å². The number of hydrogen-bond acceptors (Lipinski definition) is 3. The Labute approximate surface area is 134 Å². The maximum absolute atomic E-state index is 12.4. The number of nitrogens with zero attached hydrogens (tertiary/aromatic N) is 1. The average Bonchev–Trinajstić information content (AvgIpc) is 2.50. The molecule has 3 unspecified atom stereocenters. The van der Waals surface area contributed by atoms with Crippen molar-refractivity contribution in [2.24, 2.45) is 5.92 Å². The van der Waals surface area contributed by atoms with Crippen molar-refractivity contribution in [2.45, 2.75) is 57.5 Å². The summed E-state index contributed by atoms with van der Waals surface area (Å²) in [5.74, 6) is 1.46.